The number of hydrogen-bond acceptors (Lipinski definition) is 5. The number of benzene rings is 1. The Labute approximate surface area is 200 Å². The molecule has 0 saturated carbocycles. The normalized spacial score (nSPS) is 12.6. The van der Waals surface area contributed by atoms with Gasteiger partial charge in [0.15, 0.2) is 0 Å². The molecule has 1 aromatic carbocycles. The first kappa shape index (κ1) is 22.1. The molecule has 1 aliphatic carbocycles. The van der Waals surface area contributed by atoms with Crippen molar-refractivity contribution in [3.63, 3.8) is 0 Å². The molecule has 0 radical (unpaired) electrons. The van der Waals surface area contributed by atoms with E-state index >= 15 is 0 Å². The number of carboxylic acids is 1. The van der Waals surface area contributed by atoms with Gasteiger partial charge in [0.2, 0.25) is 0 Å². The summed E-state index contributed by atoms with van der Waals surface area (Å²) in [5.74, 6) is -0.833. The van der Waals surface area contributed by atoms with Crippen LogP contribution in [-0.2, 0) is 17.6 Å². The lowest BCUT2D eigenvalue weighted by molar-refractivity contribution is -0.134. The fourth-order valence-electron chi connectivity index (χ4n) is 4.75. The third-order valence-electron chi connectivity index (χ3n) is 6.03. The summed E-state index contributed by atoms with van der Waals surface area (Å²) >= 11 is 1.65. The fourth-order valence-corrected chi connectivity index (χ4v) is 6.08. The SMILES string of the molecule is CC(=O)O.Cc1cc(C)c2c(-n3cccc3)c(-c3cc(=O)oc4cc5c(cc34)CCC5)sc2n1. The third kappa shape index (κ3) is 3.92. The monoisotopic (exact) mass is 472 g/mol. The van der Waals surface area contributed by atoms with Gasteiger partial charge in [-0.3, -0.25) is 4.79 Å². The van der Waals surface area contributed by atoms with E-state index in [9.17, 15) is 4.79 Å². The fraction of sp³-hybridized carbons (Fsp3) is 0.222. The first-order valence-electron chi connectivity index (χ1n) is 11.2. The van der Waals surface area contributed by atoms with E-state index in [2.05, 4.69) is 42.1 Å². The largest absolute Gasteiger partial charge is 0.481 e. The lowest BCUT2D eigenvalue weighted by atomic mass is 10.0. The highest BCUT2D eigenvalue weighted by molar-refractivity contribution is 7.22. The molecule has 34 heavy (non-hydrogen) atoms. The highest BCUT2D eigenvalue weighted by Gasteiger charge is 2.22. The Morgan fingerprint density at radius 2 is 1.76 bits per heavy atom. The number of aryl methyl sites for hydroxylation is 4. The number of carbonyl (C=O) groups is 1. The van der Waals surface area contributed by atoms with Crippen LogP contribution in [0.15, 0.2) is 58.0 Å². The standard InChI is InChI=1S/C25H20N2O2S.C2H4O2/c1-14-10-15(2)26-25-22(14)23(27-8-3-4-9-27)24(30-25)19-13-21(28)29-20-12-17-7-5-6-16(17)11-18(19)20;1-2(3)4/h3-4,8-13H,5-7H2,1-2H3;1H3,(H,3,4). The smallest absolute Gasteiger partial charge is 0.336 e. The molecule has 0 aliphatic heterocycles. The molecular weight excluding hydrogens is 448 g/mol. The third-order valence-corrected chi connectivity index (χ3v) is 7.13. The number of pyridine rings is 1. The minimum absolute atomic E-state index is 0.313. The lowest BCUT2D eigenvalue weighted by Crippen LogP contribution is -2.00. The quantitative estimate of drug-likeness (QED) is 0.316. The van der Waals surface area contributed by atoms with Gasteiger partial charge in [-0.1, -0.05) is 0 Å². The zero-order valence-corrected chi connectivity index (χ0v) is 20.0. The Balaban J connectivity index is 0.000000560. The molecular formula is C27H24N2O4S. The van der Waals surface area contributed by atoms with Crippen molar-refractivity contribution in [1.82, 2.24) is 9.55 Å². The minimum Gasteiger partial charge on any atom is -0.481 e. The second kappa shape index (κ2) is 8.57. The summed E-state index contributed by atoms with van der Waals surface area (Å²) in [6.07, 6.45) is 7.40. The van der Waals surface area contributed by atoms with Crippen molar-refractivity contribution in [2.75, 3.05) is 0 Å². The average Bonchev–Trinajstić information content (AvgIpc) is 3.50. The van der Waals surface area contributed by atoms with Gasteiger partial charge in [0.05, 0.1) is 10.6 Å². The van der Waals surface area contributed by atoms with Gasteiger partial charge in [0, 0.05) is 47.4 Å². The zero-order chi connectivity index (χ0) is 24.0. The van der Waals surface area contributed by atoms with Gasteiger partial charge < -0.3 is 14.1 Å². The maximum atomic E-state index is 12.5. The van der Waals surface area contributed by atoms with E-state index in [1.165, 1.54) is 16.7 Å². The van der Waals surface area contributed by atoms with E-state index < -0.39 is 5.97 Å². The van der Waals surface area contributed by atoms with Crippen LogP contribution < -0.4 is 5.63 Å². The van der Waals surface area contributed by atoms with Gasteiger partial charge >= 0.3 is 5.63 Å². The van der Waals surface area contributed by atoms with E-state index in [0.29, 0.717) is 5.58 Å². The molecule has 172 valence electrons. The Bertz CT molecular complexity index is 1610. The van der Waals surface area contributed by atoms with Gasteiger partial charge in [-0.15, -0.1) is 11.3 Å². The van der Waals surface area contributed by atoms with Crippen LogP contribution in [0.5, 0.6) is 0 Å². The molecule has 0 atom stereocenters. The summed E-state index contributed by atoms with van der Waals surface area (Å²) in [5.41, 5.74) is 7.24. The second-order valence-corrected chi connectivity index (χ2v) is 9.60. The highest BCUT2D eigenvalue weighted by atomic mass is 32.1. The maximum absolute atomic E-state index is 12.5. The number of carboxylic acid groups (broad SMARTS) is 1. The van der Waals surface area contributed by atoms with Crippen molar-refractivity contribution < 1.29 is 14.3 Å². The number of hydrogen-bond donors (Lipinski definition) is 1. The molecule has 1 N–H and O–H groups in total. The average molecular weight is 473 g/mol. The number of thiophene rings is 1. The van der Waals surface area contributed by atoms with Crippen LogP contribution in [0.3, 0.4) is 0 Å². The lowest BCUT2D eigenvalue weighted by Gasteiger charge is -2.11. The van der Waals surface area contributed by atoms with E-state index in [1.807, 2.05) is 19.1 Å². The Morgan fingerprint density at radius 1 is 1.09 bits per heavy atom. The number of fused-ring (bicyclic) bond motifs is 3. The van der Waals surface area contributed by atoms with Gasteiger partial charge in [-0.25, -0.2) is 9.78 Å². The summed E-state index contributed by atoms with van der Waals surface area (Å²) in [4.78, 5) is 28.4. The summed E-state index contributed by atoms with van der Waals surface area (Å²) in [6.45, 7) is 5.24. The Kier molecular flexibility index (Phi) is 5.57. The van der Waals surface area contributed by atoms with Crippen LogP contribution in [0.4, 0.5) is 0 Å². The van der Waals surface area contributed by atoms with Crippen molar-refractivity contribution in [1.29, 1.82) is 0 Å². The molecule has 5 aromatic rings. The van der Waals surface area contributed by atoms with Crippen LogP contribution >= 0.6 is 11.3 Å². The molecule has 0 spiro atoms. The molecule has 4 heterocycles. The van der Waals surface area contributed by atoms with Crippen molar-refractivity contribution in [3.8, 4) is 16.1 Å². The number of aromatic nitrogens is 2. The summed E-state index contributed by atoms with van der Waals surface area (Å²) in [5, 5.41) is 9.56. The Hall–Kier alpha value is -3.71. The molecule has 6 rings (SSSR count). The van der Waals surface area contributed by atoms with Gasteiger partial charge in [0.25, 0.3) is 5.97 Å². The molecule has 6 nitrogen and oxygen atoms in total. The van der Waals surface area contributed by atoms with Crippen LogP contribution in [0, 0.1) is 13.8 Å². The van der Waals surface area contributed by atoms with Gasteiger partial charge in [-0.05, 0) is 80.1 Å². The van der Waals surface area contributed by atoms with Crippen LogP contribution in [0.1, 0.15) is 35.7 Å². The van der Waals surface area contributed by atoms with Crippen LogP contribution in [0.2, 0.25) is 0 Å². The number of aliphatic carboxylic acids is 1. The van der Waals surface area contributed by atoms with Crippen molar-refractivity contribution in [2.24, 2.45) is 0 Å². The van der Waals surface area contributed by atoms with Crippen LogP contribution in [-0.4, -0.2) is 20.6 Å². The summed E-state index contributed by atoms with van der Waals surface area (Å²) in [6, 6.07) is 12.1. The molecule has 0 unspecified atom stereocenters. The first-order valence-corrected chi connectivity index (χ1v) is 12.0. The molecule has 4 aromatic heterocycles. The molecule has 7 heteroatoms. The second-order valence-electron chi connectivity index (χ2n) is 8.60. The van der Waals surface area contributed by atoms with Crippen molar-refractivity contribution >= 4 is 38.5 Å². The predicted octanol–water partition coefficient (Wildman–Crippen LogP) is 6.06. The highest BCUT2D eigenvalue weighted by Crippen LogP contribution is 2.44. The topological polar surface area (TPSA) is 85.3 Å². The Morgan fingerprint density at radius 3 is 2.47 bits per heavy atom. The zero-order valence-electron chi connectivity index (χ0n) is 19.2. The van der Waals surface area contributed by atoms with Gasteiger partial charge in [0.1, 0.15) is 10.4 Å². The van der Waals surface area contributed by atoms with E-state index in [1.54, 1.807) is 17.4 Å². The molecule has 0 amide bonds. The molecule has 0 saturated heterocycles. The number of rotatable bonds is 2. The van der Waals surface area contributed by atoms with Crippen molar-refractivity contribution in [2.45, 2.75) is 40.0 Å². The molecule has 0 fully saturated rings. The molecule has 0 bridgehead atoms. The van der Waals surface area contributed by atoms with E-state index in [4.69, 9.17) is 19.3 Å². The van der Waals surface area contributed by atoms with E-state index in [-0.39, 0.29) is 5.63 Å². The first-order chi connectivity index (χ1) is 16.3. The minimum atomic E-state index is -0.833. The van der Waals surface area contributed by atoms with Gasteiger partial charge in [-0.2, -0.15) is 0 Å². The predicted molar refractivity (Wildman–Crippen MR) is 135 cm³/mol. The van der Waals surface area contributed by atoms with Crippen LogP contribution in [0.25, 0.3) is 37.3 Å². The summed E-state index contributed by atoms with van der Waals surface area (Å²) in [7, 11) is 0. The molecule has 1 aliphatic rings. The number of nitrogens with zero attached hydrogens (tertiary/aromatic N) is 2. The van der Waals surface area contributed by atoms with Crippen molar-refractivity contribution in [3.05, 3.63) is 81.6 Å². The van der Waals surface area contributed by atoms with E-state index in [0.717, 1.165) is 63.6 Å². The summed E-state index contributed by atoms with van der Waals surface area (Å²) < 4.78 is 7.75. The maximum Gasteiger partial charge on any atom is 0.336 e.